The summed E-state index contributed by atoms with van der Waals surface area (Å²) in [6.07, 6.45) is 4.62. The van der Waals surface area contributed by atoms with Crippen molar-refractivity contribution in [3.63, 3.8) is 0 Å². The van der Waals surface area contributed by atoms with E-state index in [-0.39, 0.29) is 5.43 Å². The maximum Gasteiger partial charge on any atom is 0.250 e. The van der Waals surface area contributed by atoms with Crippen LogP contribution in [0.1, 0.15) is 28.8 Å². The van der Waals surface area contributed by atoms with Crippen molar-refractivity contribution >= 4 is 17.0 Å². The molecular weight excluding hydrogens is 306 g/mol. The maximum absolute atomic E-state index is 12.1. The molecule has 2 aromatic carbocycles. The summed E-state index contributed by atoms with van der Waals surface area (Å²) in [7, 11) is 0. The van der Waals surface area contributed by atoms with E-state index in [2.05, 4.69) is 17.4 Å². The highest BCUT2D eigenvalue weighted by Gasteiger charge is 2.23. The van der Waals surface area contributed by atoms with E-state index in [1.54, 1.807) is 11.3 Å². The van der Waals surface area contributed by atoms with Gasteiger partial charge in [0.05, 0.1) is 11.3 Å². The van der Waals surface area contributed by atoms with E-state index < -0.39 is 5.43 Å². The highest BCUT2D eigenvalue weighted by Crippen LogP contribution is 2.29. The van der Waals surface area contributed by atoms with Crippen LogP contribution in [0.5, 0.6) is 0 Å². The van der Waals surface area contributed by atoms with Gasteiger partial charge in [-0.25, -0.2) is 0 Å². The van der Waals surface area contributed by atoms with E-state index in [0.29, 0.717) is 17.8 Å². The molecule has 0 fully saturated rings. The first-order valence-electron chi connectivity index (χ1n) is 7.96. The normalized spacial score (nSPS) is 13.9. The molecule has 0 bridgehead atoms. The average Bonchev–Trinajstić information content (AvgIpc) is 3.10. The second kappa shape index (κ2) is 5.78. The molecule has 23 heavy (non-hydrogen) atoms. The SMILES string of the molecule is O=c1c(NCc2cccs2)c(-c2ccc3c(c2)CCCC3)c1=O. The molecule has 0 aliphatic heterocycles. The van der Waals surface area contributed by atoms with Crippen molar-refractivity contribution in [1.29, 1.82) is 0 Å². The zero-order valence-corrected chi connectivity index (χ0v) is 13.5. The minimum Gasteiger partial charge on any atom is -0.376 e. The predicted molar refractivity (Wildman–Crippen MR) is 95.1 cm³/mol. The molecule has 1 N–H and O–H groups in total. The van der Waals surface area contributed by atoms with Crippen molar-refractivity contribution in [2.45, 2.75) is 32.2 Å². The number of thiophene rings is 1. The smallest absolute Gasteiger partial charge is 0.250 e. The van der Waals surface area contributed by atoms with Gasteiger partial charge in [0.2, 0.25) is 10.9 Å². The minimum atomic E-state index is -0.394. The zero-order valence-electron chi connectivity index (χ0n) is 12.7. The number of nitrogens with one attached hydrogen (secondary N) is 1. The number of hydrogen-bond donors (Lipinski definition) is 1. The largest absolute Gasteiger partial charge is 0.376 e. The fraction of sp³-hybridized carbons (Fsp3) is 0.263. The fourth-order valence-electron chi connectivity index (χ4n) is 3.31. The van der Waals surface area contributed by atoms with Crippen LogP contribution in [-0.2, 0) is 19.4 Å². The highest BCUT2D eigenvalue weighted by atomic mass is 32.1. The summed E-state index contributed by atoms with van der Waals surface area (Å²) >= 11 is 1.64. The summed E-state index contributed by atoms with van der Waals surface area (Å²) in [6.45, 7) is 0.584. The van der Waals surface area contributed by atoms with Crippen LogP contribution < -0.4 is 16.2 Å². The molecule has 0 unspecified atom stereocenters. The molecule has 0 radical (unpaired) electrons. The number of anilines is 1. The van der Waals surface area contributed by atoms with E-state index in [4.69, 9.17) is 0 Å². The van der Waals surface area contributed by atoms with E-state index >= 15 is 0 Å². The first kappa shape index (κ1) is 14.4. The number of fused-ring (bicyclic) bond motifs is 1. The third-order valence-corrected chi connectivity index (χ3v) is 5.44. The lowest BCUT2D eigenvalue weighted by molar-refractivity contribution is 0.686. The monoisotopic (exact) mass is 323 g/mol. The molecule has 0 spiro atoms. The summed E-state index contributed by atoms with van der Waals surface area (Å²) in [6, 6.07) is 10.2. The van der Waals surface area contributed by atoms with Gasteiger partial charge in [-0.2, -0.15) is 0 Å². The number of benzene rings is 1. The van der Waals surface area contributed by atoms with E-state index in [1.165, 1.54) is 24.0 Å². The van der Waals surface area contributed by atoms with Gasteiger partial charge in [0.25, 0.3) is 0 Å². The lowest BCUT2D eigenvalue weighted by atomic mass is 9.88. The Bertz CT molecular complexity index is 918. The third kappa shape index (κ3) is 2.53. The summed E-state index contributed by atoms with van der Waals surface area (Å²) in [5.41, 5.74) is 3.85. The zero-order chi connectivity index (χ0) is 15.8. The van der Waals surface area contributed by atoms with Crippen LogP contribution in [0, 0.1) is 0 Å². The van der Waals surface area contributed by atoms with Crippen LogP contribution in [0.2, 0.25) is 0 Å². The molecule has 4 heteroatoms. The third-order valence-electron chi connectivity index (χ3n) is 4.57. The quantitative estimate of drug-likeness (QED) is 0.748. The Kier molecular flexibility index (Phi) is 3.62. The van der Waals surface area contributed by atoms with Gasteiger partial charge in [-0.1, -0.05) is 24.3 Å². The lowest BCUT2D eigenvalue weighted by Crippen LogP contribution is -2.36. The van der Waals surface area contributed by atoms with Gasteiger partial charge in [0.15, 0.2) is 0 Å². The number of hydrogen-bond acceptors (Lipinski definition) is 4. The van der Waals surface area contributed by atoms with Crippen molar-refractivity contribution in [3.8, 4) is 11.1 Å². The van der Waals surface area contributed by atoms with Crippen molar-refractivity contribution in [3.05, 3.63) is 72.2 Å². The molecule has 1 aliphatic rings. The van der Waals surface area contributed by atoms with Crippen LogP contribution in [-0.4, -0.2) is 0 Å². The van der Waals surface area contributed by atoms with Crippen molar-refractivity contribution in [2.75, 3.05) is 5.32 Å². The van der Waals surface area contributed by atoms with Gasteiger partial charge in [-0.05, 0) is 53.8 Å². The van der Waals surface area contributed by atoms with E-state index in [0.717, 1.165) is 23.3 Å². The van der Waals surface area contributed by atoms with Crippen molar-refractivity contribution in [2.24, 2.45) is 0 Å². The van der Waals surface area contributed by atoms with Crippen LogP contribution >= 0.6 is 11.3 Å². The molecule has 4 rings (SSSR count). The Hall–Kier alpha value is -2.20. The first-order chi connectivity index (χ1) is 11.2. The standard InChI is InChI=1S/C19H17NO2S/c21-18-16(14-8-7-12-4-1-2-5-13(12)10-14)17(19(18)22)20-11-15-6-3-9-23-15/h3,6-10,20H,1-2,4-5,11H2. The van der Waals surface area contributed by atoms with Crippen LogP contribution in [0.4, 0.5) is 5.69 Å². The molecule has 0 amide bonds. The van der Waals surface area contributed by atoms with Gasteiger partial charge in [0.1, 0.15) is 0 Å². The van der Waals surface area contributed by atoms with Gasteiger partial charge in [0, 0.05) is 11.4 Å². The Labute approximate surface area is 138 Å². The second-order valence-corrected chi connectivity index (χ2v) is 7.06. The van der Waals surface area contributed by atoms with Gasteiger partial charge in [-0.15, -0.1) is 11.3 Å². The molecule has 3 nitrogen and oxygen atoms in total. The molecule has 1 aromatic heterocycles. The molecule has 1 heterocycles. The molecule has 0 saturated carbocycles. The van der Waals surface area contributed by atoms with Gasteiger partial charge >= 0.3 is 0 Å². The van der Waals surface area contributed by atoms with Crippen LogP contribution in [0.15, 0.2) is 45.3 Å². The summed E-state index contributed by atoms with van der Waals surface area (Å²) in [5.74, 6) is 0. The topological polar surface area (TPSA) is 46.2 Å². The van der Waals surface area contributed by atoms with Crippen molar-refractivity contribution in [1.82, 2.24) is 0 Å². The highest BCUT2D eigenvalue weighted by molar-refractivity contribution is 7.09. The predicted octanol–water partition coefficient (Wildman–Crippen LogP) is 3.50. The first-order valence-corrected chi connectivity index (χ1v) is 8.84. The maximum atomic E-state index is 12.1. The molecule has 3 aromatic rings. The Balaban J connectivity index is 1.65. The summed E-state index contributed by atoms with van der Waals surface area (Å²) in [4.78, 5) is 25.1. The number of rotatable bonds is 4. The Morgan fingerprint density at radius 2 is 1.83 bits per heavy atom. The molecule has 0 saturated heterocycles. The van der Waals surface area contributed by atoms with Crippen molar-refractivity contribution < 1.29 is 0 Å². The average molecular weight is 323 g/mol. The van der Waals surface area contributed by atoms with Crippen LogP contribution in [0.3, 0.4) is 0 Å². The number of aryl methyl sites for hydroxylation is 2. The van der Waals surface area contributed by atoms with Gasteiger partial charge < -0.3 is 5.32 Å². The molecule has 116 valence electrons. The van der Waals surface area contributed by atoms with E-state index in [1.807, 2.05) is 23.6 Å². The molecule has 0 atom stereocenters. The van der Waals surface area contributed by atoms with Gasteiger partial charge in [-0.3, -0.25) is 9.59 Å². The molecular formula is C19H17NO2S. The lowest BCUT2D eigenvalue weighted by Gasteiger charge is -2.18. The minimum absolute atomic E-state index is 0.366. The van der Waals surface area contributed by atoms with E-state index in [9.17, 15) is 9.59 Å². The second-order valence-electron chi connectivity index (χ2n) is 6.03. The molecule has 1 aliphatic carbocycles. The summed E-state index contributed by atoms with van der Waals surface area (Å²) < 4.78 is 0. The Morgan fingerprint density at radius 3 is 2.61 bits per heavy atom. The Morgan fingerprint density at radius 1 is 1.00 bits per heavy atom. The fourth-order valence-corrected chi connectivity index (χ4v) is 3.96. The summed E-state index contributed by atoms with van der Waals surface area (Å²) in [5, 5.41) is 5.15. The van der Waals surface area contributed by atoms with Crippen LogP contribution in [0.25, 0.3) is 11.1 Å².